The van der Waals surface area contributed by atoms with Crippen molar-refractivity contribution in [3.8, 4) is 0 Å². The number of carboxylic acid groups (broad SMARTS) is 1. The van der Waals surface area contributed by atoms with E-state index in [0.29, 0.717) is 6.42 Å². The molecule has 1 aromatic rings. The lowest BCUT2D eigenvalue weighted by Gasteiger charge is -2.14. The van der Waals surface area contributed by atoms with Crippen molar-refractivity contribution < 1.29 is 19.5 Å². The van der Waals surface area contributed by atoms with E-state index in [1.165, 1.54) is 0 Å². The Bertz CT molecular complexity index is 444. The molecular weight excluding hydrogens is 262 g/mol. The summed E-state index contributed by atoms with van der Waals surface area (Å²) in [7, 11) is 0. The van der Waals surface area contributed by atoms with Gasteiger partial charge in [0.25, 0.3) is 5.97 Å². The summed E-state index contributed by atoms with van der Waals surface area (Å²) < 4.78 is 0. The molecule has 1 unspecified atom stereocenters. The van der Waals surface area contributed by atoms with Crippen molar-refractivity contribution in [1.29, 1.82) is 0 Å². The molecule has 0 saturated heterocycles. The summed E-state index contributed by atoms with van der Waals surface area (Å²) >= 11 is 0. The van der Waals surface area contributed by atoms with E-state index in [0.717, 1.165) is 12.5 Å². The number of aliphatic carboxylic acids is 1. The minimum Gasteiger partial charge on any atom is -0.481 e. The predicted octanol–water partition coefficient (Wildman–Crippen LogP) is -0.751. The van der Waals surface area contributed by atoms with Gasteiger partial charge >= 0.3 is 0 Å². The fourth-order valence-corrected chi connectivity index (χ4v) is 1.33. The molecule has 20 heavy (non-hydrogen) atoms. The van der Waals surface area contributed by atoms with Crippen LogP contribution in [-0.4, -0.2) is 35.5 Å². The SMILES string of the molecule is CC(=O)O.NCC(=O)NC(Cc1ccccc1)C(N)=O. The van der Waals surface area contributed by atoms with Gasteiger partial charge in [-0.1, -0.05) is 30.3 Å². The molecule has 0 fully saturated rings. The number of nitrogens with two attached hydrogens (primary N) is 2. The Kier molecular flexibility index (Phi) is 8.36. The van der Waals surface area contributed by atoms with E-state index in [1.807, 2.05) is 30.3 Å². The van der Waals surface area contributed by atoms with E-state index in [-0.39, 0.29) is 12.5 Å². The molecule has 0 spiro atoms. The first kappa shape index (κ1) is 17.6. The molecule has 110 valence electrons. The van der Waals surface area contributed by atoms with E-state index in [1.54, 1.807) is 0 Å². The summed E-state index contributed by atoms with van der Waals surface area (Å²) in [4.78, 5) is 31.2. The highest BCUT2D eigenvalue weighted by Gasteiger charge is 2.17. The van der Waals surface area contributed by atoms with Crippen LogP contribution in [0.15, 0.2) is 30.3 Å². The Hall–Kier alpha value is -2.41. The zero-order chi connectivity index (χ0) is 15.5. The molecule has 0 heterocycles. The highest BCUT2D eigenvalue weighted by molar-refractivity contribution is 5.87. The summed E-state index contributed by atoms with van der Waals surface area (Å²) in [5.41, 5.74) is 11.3. The monoisotopic (exact) mass is 281 g/mol. The van der Waals surface area contributed by atoms with Gasteiger partial charge in [-0.05, 0) is 5.56 Å². The van der Waals surface area contributed by atoms with Crippen LogP contribution in [0.2, 0.25) is 0 Å². The molecule has 6 N–H and O–H groups in total. The smallest absolute Gasteiger partial charge is 0.300 e. The zero-order valence-corrected chi connectivity index (χ0v) is 11.2. The van der Waals surface area contributed by atoms with Crippen LogP contribution in [0.1, 0.15) is 12.5 Å². The molecule has 7 heteroatoms. The quantitative estimate of drug-likeness (QED) is 0.563. The third-order valence-electron chi connectivity index (χ3n) is 2.15. The molecule has 1 atom stereocenters. The summed E-state index contributed by atoms with van der Waals surface area (Å²) in [5.74, 6) is -1.79. The number of carbonyl (C=O) groups excluding carboxylic acids is 2. The van der Waals surface area contributed by atoms with Crippen LogP contribution in [-0.2, 0) is 20.8 Å². The second-order valence-electron chi connectivity index (χ2n) is 3.94. The van der Waals surface area contributed by atoms with Gasteiger partial charge in [0.1, 0.15) is 6.04 Å². The van der Waals surface area contributed by atoms with E-state index in [4.69, 9.17) is 21.4 Å². The number of carboxylic acids is 1. The molecule has 0 aromatic heterocycles. The third kappa shape index (κ3) is 8.65. The molecule has 1 aromatic carbocycles. The van der Waals surface area contributed by atoms with Gasteiger partial charge in [-0.15, -0.1) is 0 Å². The summed E-state index contributed by atoms with van der Waals surface area (Å²) in [6.45, 7) is 0.929. The van der Waals surface area contributed by atoms with Gasteiger partial charge in [-0.3, -0.25) is 14.4 Å². The van der Waals surface area contributed by atoms with Crippen LogP contribution in [0.3, 0.4) is 0 Å². The summed E-state index contributed by atoms with van der Waals surface area (Å²) in [6, 6.07) is 8.62. The lowest BCUT2D eigenvalue weighted by Crippen LogP contribution is -2.47. The Morgan fingerprint density at radius 1 is 1.25 bits per heavy atom. The zero-order valence-electron chi connectivity index (χ0n) is 11.2. The normalized spacial score (nSPS) is 10.7. The topological polar surface area (TPSA) is 136 Å². The number of hydrogen-bond donors (Lipinski definition) is 4. The first-order valence-corrected chi connectivity index (χ1v) is 5.89. The second kappa shape index (κ2) is 9.51. The van der Waals surface area contributed by atoms with Gasteiger partial charge in [0, 0.05) is 13.3 Å². The van der Waals surface area contributed by atoms with Crippen molar-refractivity contribution in [2.24, 2.45) is 11.5 Å². The van der Waals surface area contributed by atoms with Crippen molar-refractivity contribution in [3.05, 3.63) is 35.9 Å². The maximum Gasteiger partial charge on any atom is 0.300 e. The van der Waals surface area contributed by atoms with Crippen molar-refractivity contribution in [3.63, 3.8) is 0 Å². The fraction of sp³-hybridized carbons (Fsp3) is 0.308. The molecule has 0 aliphatic carbocycles. The van der Waals surface area contributed by atoms with Gasteiger partial charge in [0.05, 0.1) is 6.54 Å². The van der Waals surface area contributed by atoms with Crippen LogP contribution in [0.4, 0.5) is 0 Å². The molecule has 0 aliphatic rings. The van der Waals surface area contributed by atoms with Crippen LogP contribution < -0.4 is 16.8 Å². The van der Waals surface area contributed by atoms with Crippen LogP contribution in [0.25, 0.3) is 0 Å². The van der Waals surface area contributed by atoms with Crippen LogP contribution >= 0.6 is 0 Å². The Morgan fingerprint density at radius 2 is 1.75 bits per heavy atom. The van der Waals surface area contributed by atoms with Crippen LogP contribution in [0, 0.1) is 0 Å². The third-order valence-corrected chi connectivity index (χ3v) is 2.15. The average molecular weight is 281 g/mol. The van der Waals surface area contributed by atoms with E-state index >= 15 is 0 Å². The maximum atomic E-state index is 11.1. The van der Waals surface area contributed by atoms with Gasteiger partial charge < -0.3 is 21.9 Å². The Morgan fingerprint density at radius 3 is 2.15 bits per heavy atom. The van der Waals surface area contributed by atoms with Gasteiger partial charge in [0.15, 0.2) is 0 Å². The first-order valence-electron chi connectivity index (χ1n) is 5.89. The van der Waals surface area contributed by atoms with Gasteiger partial charge in [0.2, 0.25) is 11.8 Å². The predicted molar refractivity (Wildman–Crippen MR) is 73.6 cm³/mol. The van der Waals surface area contributed by atoms with Crippen molar-refractivity contribution in [2.75, 3.05) is 6.54 Å². The van der Waals surface area contributed by atoms with E-state index in [2.05, 4.69) is 5.32 Å². The number of rotatable bonds is 5. The molecular formula is C13H19N3O4. The van der Waals surface area contributed by atoms with Crippen molar-refractivity contribution in [1.82, 2.24) is 5.32 Å². The average Bonchev–Trinajstić information content (AvgIpc) is 2.38. The number of primary amides is 1. The standard InChI is InChI=1S/C11H15N3O2.C2H4O2/c12-7-10(15)14-9(11(13)16)6-8-4-2-1-3-5-8;1-2(3)4/h1-5,9H,6-7,12H2,(H2,13,16)(H,14,15);1H3,(H,3,4). The Balaban J connectivity index is 0.000000796. The lowest BCUT2D eigenvalue weighted by molar-refractivity contribution is -0.134. The van der Waals surface area contributed by atoms with E-state index < -0.39 is 17.9 Å². The van der Waals surface area contributed by atoms with E-state index in [9.17, 15) is 9.59 Å². The second-order valence-corrected chi connectivity index (χ2v) is 3.94. The molecule has 0 aliphatic heterocycles. The van der Waals surface area contributed by atoms with Gasteiger partial charge in [-0.25, -0.2) is 0 Å². The Labute approximate surface area is 117 Å². The molecule has 0 bridgehead atoms. The largest absolute Gasteiger partial charge is 0.481 e. The number of amides is 2. The molecule has 0 saturated carbocycles. The highest BCUT2D eigenvalue weighted by Crippen LogP contribution is 2.02. The molecule has 7 nitrogen and oxygen atoms in total. The molecule has 2 amide bonds. The number of hydrogen-bond acceptors (Lipinski definition) is 4. The molecule has 0 radical (unpaired) electrons. The minimum atomic E-state index is -0.833. The van der Waals surface area contributed by atoms with Crippen molar-refractivity contribution >= 4 is 17.8 Å². The van der Waals surface area contributed by atoms with Crippen molar-refractivity contribution in [2.45, 2.75) is 19.4 Å². The summed E-state index contributed by atoms with van der Waals surface area (Å²) in [6.07, 6.45) is 0.377. The van der Waals surface area contributed by atoms with Crippen LogP contribution in [0.5, 0.6) is 0 Å². The number of carbonyl (C=O) groups is 3. The minimum absolute atomic E-state index is 0.154. The maximum absolute atomic E-state index is 11.1. The first-order chi connectivity index (χ1) is 9.36. The summed E-state index contributed by atoms with van der Waals surface area (Å²) in [5, 5.41) is 9.89. The number of nitrogens with one attached hydrogen (secondary N) is 1. The highest BCUT2D eigenvalue weighted by atomic mass is 16.4. The molecule has 1 rings (SSSR count). The fourth-order valence-electron chi connectivity index (χ4n) is 1.33. The lowest BCUT2D eigenvalue weighted by atomic mass is 10.1. The number of benzene rings is 1. The van der Waals surface area contributed by atoms with Gasteiger partial charge in [-0.2, -0.15) is 0 Å².